The molecule has 0 aromatic heterocycles. The molecule has 0 fully saturated rings. The van der Waals surface area contributed by atoms with Crippen molar-refractivity contribution < 1.29 is 19.0 Å². The number of carbonyl (C=O) groups is 1. The lowest BCUT2D eigenvalue weighted by atomic mass is 10.0. The first-order valence-corrected chi connectivity index (χ1v) is 7.05. The maximum absolute atomic E-state index is 11.1. The highest BCUT2D eigenvalue weighted by Gasteiger charge is 2.24. The minimum Gasteiger partial charge on any atom is -0.438 e. The van der Waals surface area contributed by atoms with Crippen LogP contribution in [-0.4, -0.2) is 19.1 Å². The van der Waals surface area contributed by atoms with Crippen molar-refractivity contribution in [3.05, 3.63) is 60.2 Å². The number of hydrogen-bond acceptors (Lipinski definition) is 4. The zero-order chi connectivity index (χ0) is 16.0. The quantitative estimate of drug-likeness (QED) is 0.607. The van der Waals surface area contributed by atoms with Gasteiger partial charge in [-0.1, -0.05) is 54.6 Å². The van der Waals surface area contributed by atoms with Crippen molar-refractivity contribution in [2.75, 3.05) is 7.11 Å². The van der Waals surface area contributed by atoms with Crippen LogP contribution in [0, 0.1) is 0 Å². The monoisotopic (exact) mass is 300 g/mol. The van der Waals surface area contributed by atoms with E-state index in [9.17, 15) is 4.79 Å². The highest BCUT2D eigenvalue weighted by Crippen LogP contribution is 2.21. The molecule has 0 atom stereocenters. The second kappa shape index (κ2) is 7.09. The normalized spacial score (nSPS) is 11.0. The lowest BCUT2D eigenvalue weighted by Gasteiger charge is -2.24. The van der Waals surface area contributed by atoms with E-state index in [1.54, 1.807) is 13.8 Å². The van der Waals surface area contributed by atoms with Gasteiger partial charge in [0.25, 0.3) is 0 Å². The van der Waals surface area contributed by atoms with Crippen LogP contribution < -0.4 is 0 Å². The number of benzene rings is 2. The van der Waals surface area contributed by atoms with E-state index >= 15 is 0 Å². The van der Waals surface area contributed by atoms with Crippen LogP contribution in [0.1, 0.15) is 19.4 Å². The van der Waals surface area contributed by atoms with Crippen molar-refractivity contribution in [1.82, 2.24) is 0 Å². The van der Waals surface area contributed by atoms with Crippen LogP contribution >= 0.6 is 0 Å². The van der Waals surface area contributed by atoms with Gasteiger partial charge in [0, 0.05) is 13.8 Å². The predicted octanol–water partition coefficient (Wildman–Crippen LogP) is 4.39. The maximum atomic E-state index is 11.1. The molecule has 0 aliphatic carbocycles. The van der Waals surface area contributed by atoms with Crippen LogP contribution in [0.2, 0.25) is 0 Å². The van der Waals surface area contributed by atoms with Crippen molar-refractivity contribution in [1.29, 1.82) is 0 Å². The summed E-state index contributed by atoms with van der Waals surface area (Å²) in [6, 6.07) is 18.2. The van der Waals surface area contributed by atoms with E-state index in [0.717, 1.165) is 11.1 Å². The Labute approximate surface area is 130 Å². The second-order valence-electron chi connectivity index (χ2n) is 5.31. The number of ether oxygens (including phenoxy) is 3. The lowest BCUT2D eigenvalue weighted by Crippen LogP contribution is -2.31. The van der Waals surface area contributed by atoms with Gasteiger partial charge in [-0.15, -0.1) is 0 Å². The molecule has 0 bridgehead atoms. The van der Waals surface area contributed by atoms with E-state index in [2.05, 4.69) is 16.9 Å². The highest BCUT2D eigenvalue weighted by molar-refractivity contribution is 5.63. The molecule has 4 heteroatoms. The Kier molecular flexibility index (Phi) is 5.17. The minimum atomic E-state index is -1.04. The number of rotatable bonds is 5. The zero-order valence-corrected chi connectivity index (χ0v) is 13.0. The predicted molar refractivity (Wildman–Crippen MR) is 84.2 cm³/mol. The molecule has 0 N–H and O–H groups in total. The first kappa shape index (κ1) is 16.0. The smallest absolute Gasteiger partial charge is 0.438 e. The molecule has 2 aromatic rings. The first-order valence-electron chi connectivity index (χ1n) is 7.05. The molecule has 0 saturated heterocycles. The first-order chi connectivity index (χ1) is 10.5. The Morgan fingerprint density at radius 2 is 1.55 bits per heavy atom. The van der Waals surface area contributed by atoms with E-state index in [-0.39, 0.29) is 0 Å². The third kappa shape index (κ3) is 4.60. The molecule has 0 aliphatic rings. The molecule has 2 rings (SSSR count). The van der Waals surface area contributed by atoms with Gasteiger partial charge in [0.15, 0.2) is 0 Å². The SMILES string of the molecule is COC(=O)OC(C)(C)OCc1ccc(-c2ccccc2)cc1. The van der Waals surface area contributed by atoms with Gasteiger partial charge in [-0.2, -0.15) is 0 Å². The molecule has 0 heterocycles. The number of hydrogen-bond donors (Lipinski definition) is 0. The van der Waals surface area contributed by atoms with Crippen molar-refractivity contribution >= 4 is 6.16 Å². The molecule has 0 radical (unpaired) electrons. The Balaban J connectivity index is 1.96. The Morgan fingerprint density at radius 1 is 0.955 bits per heavy atom. The molecule has 0 aliphatic heterocycles. The molecule has 0 unspecified atom stereocenters. The summed E-state index contributed by atoms with van der Waals surface area (Å²) in [5, 5.41) is 0. The third-order valence-electron chi connectivity index (χ3n) is 3.14. The van der Waals surface area contributed by atoms with Gasteiger partial charge >= 0.3 is 6.16 Å². The molecule has 2 aromatic carbocycles. The highest BCUT2D eigenvalue weighted by atomic mass is 16.8. The van der Waals surface area contributed by atoms with Crippen LogP contribution in [0.5, 0.6) is 0 Å². The van der Waals surface area contributed by atoms with Crippen molar-refractivity contribution in [3.63, 3.8) is 0 Å². The molecule has 4 nitrogen and oxygen atoms in total. The van der Waals surface area contributed by atoms with E-state index < -0.39 is 11.9 Å². The average molecular weight is 300 g/mol. The van der Waals surface area contributed by atoms with Crippen LogP contribution in [0.25, 0.3) is 11.1 Å². The van der Waals surface area contributed by atoms with Gasteiger partial charge in [0.1, 0.15) is 0 Å². The maximum Gasteiger partial charge on any atom is 0.510 e. The molecule has 22 heavy (non-hydrogen) atoms. The summed E-state index contributed by atoms with van der Waals surface area (Å²) in [4.78, 5) is 11.1. The summed E-state index contributed by atoms with van der Waals surface area (Å²) in [5.74, 6) is -1.04. The molecular formula is C18H20O4. The fourth-order valence-electron chi connectivity index (χ4n) is 1.95. The fraction of sp³-hybridized carbons (Fsp3) is 0.278. The Morgan fingerprint density at radius 3 is 2.14 bits per heavy atom. The Hall–Kier alpha value is -2.33. The van der Waals surface area contributed by atoms with E-state index in [4.69, 9.17) is 9.47 Å². The standard InChI is InChI=1S/C18H20O4/c1-18(2,22-17(19)20-3)21-13-14-9-11-16(12-10-14)15-7-5-4-6-8-15/h4-12H,13H2,1-3H3. The van der Waals surface area contributed by atoms with Crippen LogP contribution in [0.4, 0.5) is 4.79 Å². The van der Waals surface area contributed by atoms with Gasteiger partial charge in [-0.25, -0.2) is 4.79 Å². The van der Waals surface area contributed by atoms with Crippen LogP contribution in [0.3, 0.4) is 0 Å². The van der Waals surface area contributed by atoms with Gasteiger partial charge in [0.2, 0.25) is 5.79 Å². The van der Waals surface area contributed by atoms with E-state index in [1.807, 2.05) is 42.5 Å². The number of carbonyl (C=O) groups excluding carboxylic acids is 1. The summed E-state index contributed by atoms with van der Waals surface area (Å²) in [5.41, 5.74) is 3.32. The largest absolute Gasteiger partial charge is 0.510 e. The molecule has 0 spiro atoms. The molecule has 116 valence electrons. The Bertz CT molecular complexity index is 603. The summed E-state index contributed by atoms with van der Waals surface area (Å²) < 4.78 is 15.1. The van der Waals surface area contributed by atoms with E-state index in [0.29, 0.717) is 6.61 Å². The second-order valence-corrected chi connectivity index (χ2v) is 5.31. The van der Waals surface area contributed by atoms with Crippen molar-refractivity contribution in [2.24, 2.45) is 0 Å². The molecule has 0 saturated carbocycles. The van der Waals surface area contributed by atoms with Gasteiger partial charge < -0.3 is 14.2 Å². The topological polar surface area (TPSA) is 44.8 Å². The van der Waals surface area contributed by atoms with Crippen LogP contribution in [0.15, 0.2) is 54.6 Å². The number of methoxy groups -OCH3 is 1. The summed E-state index contributed by atoms with van der Waals surface area (Å²) >= 11 is 0. The average Bonchev–Trinajstić information content (AvgIpc) is 2.54. The zero-order valence-electron chi connectivity index (χ0n) is 13.0. The van der Waals surface area contributed by atoms with Crippen molar-refractivity contribution in [3.8, 4) is 11.1 Å². The summed E-state index contributed by atoms with van der Waals surface area (Å²) in [6.45, 7) is 3.68. The van der Waals surface area contributed by atoms with Crippen molar-refractivity contribution in [2.45, 2.75) is 26.2 Å². The third-order valence-corrected chi connectivity index (χ3v) is 3.14. The molecular weight excluding hydrogens is 280 g/mol. The summed E-state index contributed by atoms with van der Waals surface area (Å²) in [7, 11) is 1.26. The van der Waals surface area contributed by atoms with Gasteiger partial charge in [-0.05, 0) is 16.7 Å². The van der Waals surface area contributed by atoms with Crippen LogP contribution in [-0.2, 0) is 20.8 Å². The lowest BCUT2D eigenvalue weighted by molar-refractivity contribution is -0.194. The molecule has 0 amide bonds. The fourth-order valence-corrected chi connectivity index (χ4v) is 1.95. The minimum absolute atomic E-state index is 0.346. The van der Waals surface area contributed by atoms with Gasteiger partial charge in [0.05, 0.1) is 13.7 Å². The van der Waals surface area contributed by atoms with Gasteiger partial charge in [-0.3, -0.25) is 0 Å². The summed E-state index contributed by atoms with van der Waals surface area (Å²) in [6.07, 6.45) is -0.760. The van der Waals surface area contributed by atoms with E-state index in [1.165, 1.54) is 12.7 Å².